The minimum absolute atomic E-state index is 0. The molecule has 0 bridgehead atoms. The maximum Gasteiger partial charge on any atom is 4.00 e. The molecular formula is C30H33Cl2PZr. The number of fused-ring (bicyclic) bond motifs is 4. The Bertz CT molecular complexity index is 1150. The van der Waals surface area contributed by atoms with E-state index in [4.69, 9.17) is 0 Å². The number of rotatable bonds is 7. The van der Waals surface area contributed by atoms with Crippen molar-refractivity contribution >= 4 is 45.5 Å². The summed E-state index contributed by atoms with van der Waals surface area (Å²) in [5.41, 5.74) is 0. The van der Waals surface area contributed by atoms with Gasteiger partial charge in [-0.05, 0) is 25.2 Å². The standard InChI is InChI=1S/C17H24P.C13H9.2ClH.Zr/c1-3-5-11-18(12-6-4-2)17-13-15-9-7-8-10-16(15)14-17;1-3-7-12-10(5-1)9-11-6-2-4-8-13(11)12;;;/h7-10,13-14H,3-6,11-12H2,1-2H3;1-9H;2*1H;/q2*-1;;;+4/p-2. The molecule has 0 saturated carbocycles. The van der Waals surface area contributed by atoms with Gasteiger partial charge in [-0.1, -0.05) is 77.1 Å². The maximum atomic E-state index is 2.44. The molecule has 0 aliphatic heterocycles. The summed E-state index contributed by atoms with van der Waals surface area (Å²) in [7, 11) is 0.0856. The molecule has 0 aromatic heterocycles. The zero-order valence-corrected chi connectivity index (χ0v) is 25.0. The molecule has 5 aromatic carbocycles. The predicted molar refractivity (Wildman–Crippen MR) is 143 cm³/mol. The van der Waals surface area contributed by atoms with Gasteiger partial charge in [0.2, 0.25) is 0 Å². The SMILES string of the molecule is CCCCP(CCCC)c1cc2ccccc2[cH-]1.[Cl-].[Cl-].[Zr+4].c1ccc2c(c1)[cH-]c1ccccc12. The molecule has 34 heavy (non-hydrogen) atoms. The van der Waals surface area contributed by atoms with E-state index in [1.54, 1.807) is 5.30 Å². The van der Waals surface area contributed by atoms with E-state index in [1.165, 1.54) is 70.3 Å². The van der Waals surface area contributed by atoms with Crippen molar-refractivity contribution in [2.75, 3.05) is 12.3 Å². The Kier molecular flexibility index (Phi) is 14.5. The molecule has 0 amide bonds. The third-order valence-corrected chi connectivity index (χ3v) is 8.75. The van der Waals surface area contributed by atoms with Crippen molar-refractivity contribution in [1.29, 1.82) is 0 Å². The predicted octanol–water partition coefficient (Wildman–Crippen LogP) is 2.98. The average molecular weight is 587 g/mol. The normalized spacial score (nSPS) is 10.3. The van der Waals surface area contributed by atoms with E-state index < -0.39 is 0 Å². The molecule has 0 aliphatic carbocycles. The van der Waals surface area contributed by atoms with Gasteiger partial charge >= 0.3 is 26.2 Å². The van der Waals surface area contributed by atoms with E-state index in [-0.39, 0.29) is 58.9 Å². The van der Waals surface area contributed by atoms with E-state index in [0.29, 0.717) is 0 Å². The van der Waals surface area contributed by atoms with Crippen LogP contribution in [0.2, 0.25) is 0 Å². The Morgan fingerprint density at radius 3 is 1.59 bits per heavy atom. The van der Waals surface area contributed by atoms with Crippen LogP contribution in [0.25, 0.3) is 32.3 Å². The zero-order valence-electron chi connectivity index (χ0n) is 20.1. The molecule has 0 saturated heterocycles. The summed E-state index contributed by atoms with van der Waals surface area (Å²) in [5.74, 6) is 0. The van der Waals surface area contributed by atoms with E-state index in [9.17, 15) is 0 Å². The zero-order chi connectivity index (χ0) is 21.5. The van der Waals surface area contributed by atoms with E-state index in [1.807, 2.05) is 0 Å². The Morgan fingerprint density at radius 1 is 0.618 bits per heavy atom. The first-order valence-electron chi connectivity index (χ1n) is 11.7. The minimum atomic E-state index is 0. The van der Waals surface area contributed by atoms with Crippen LogP contribution < -0.4 is 30.1 Å². The molecule has 176 valence electrons. The van der Waals surface area contributed by atoms with Crippen molar-refractivity contribution in [2.45, 2.75) is 39.5 Å². The van der Waals surface area contributed by atoms with Crippen LogP contribution in [-0.4, -0.2) is 12.3 Å². The second-order valence-electron chi connectivity index (χ2n) is 8.36. The maximum absolute atomic E-state index is 2.44. The summed E-state index contributed by atoms with van der Waals surface area (Å²) in [6.07, 6.45) is 8.26. The summed E-state index contributed by atoms with van der Waals surface area (Å²) in [4.78, 5) is 0. The molecule has 4 heteroatoms. The molecule has 0 nitrogen and oxygen atoms in total. The van der Waals surface area contributed by atoms with Crippen LogP contribution in [0.3, 0.4) is 0 Å². The van der Waals surface area contributed by atoms with Crippen molar-refractivity contribution in [3.05, 3.63) is 91.0 Å². The second kappa shape index (κ2) is 15.9. The van der Waals surface area contributed by atoms with Crippen LogP contribution >= 0.6 is 7.92 Å². The van der Waals surface area contributed by atoms with Gasteiger partial charge in [-0.25, -0.2) is 0 Å². The van der Waals surface area contributed by atoms with Crippen LogP contribution in [-0.2, 0) is 26.2 Å². The molecule has 0 unspecified atom stereocenters. The molecule has 0 fully saturated rings. The molecule has 0 heterocycles. The molecule has 0 radical (unpaired) electrons. The Balaban J connectivity index is 0.000000323. The van der Waals surface area contributed by atoms with E-state index in [0.717, 1.165) is 0 Å². The summed E-state index contributed by atoms with van der Waals surface area (Å²) < 4.78 is 0. The van der Waals surface area contributed by atoms with E-state index in [2.05, 4.69) is 105 Å². The second-order valence-corrected chi connectivity index (χ2v) is 10.8. The molecule has 0 spiro atoms. The average Bonchev–Trinajstić information content (AvgIpc) is 3.41. The number of benzene rings is 3. The van der Waals surface area contributed by atoms with Crippen molar-refractivity contribution in [3.63, 3.8) is 0 Å². The van der Waals surface area contributed by atoms with Gasteiger partial charge in [0.25, 0.3) is 0 Å². The van der Waals surface area contributed by atoms with Crippen molar-refractivity contribution in [2.24, 2.45) is 0 Å². The van der Waals surface area contributed by atoms with E-state index >= 15 is 0 Å². The quantitative estimate of drug-likeness (QED) is 0.203. The molecular weight excluding hydrogens is 553 g/mol. The number of halogens is 2. The number of hydrogen-bond donors (Lipinski definition) is 0. The molecule has 0 N–H and O–H groups in total. The number of unbranched alkanes of at least 4 members (excludes halogenated alkanes) is 2. The van der Waals surface area contributed by atoms with Gasteiger partial charge in [0, 0.05) is 0 Å². The van der Waals surface area contributed by atoms with Crippen LogP contribution in [0.1, 0.15) is 39.5 Å². The van der Waals surface area contributed by atoms with Gasteiger partial charge in [-0.3, -0.25) is 0 Å². The molecule has 5 aromatic rings. The first-order valence-corrected chi connectivity index (χ1v) is 13.4. The Labute approximate surface area is 237 Å². The Morgan fingerprint density at radius 2 is 1.09 bits per heavy atom. The third kappa shape index (κ3) is 7.77. The fraction of sp³-hybridized carbons (Fsp3) is 0.267. The van der Waals surface area contributed by atoms with Crippen LogP contribution in [0.4, 0.5) is 0 Å². The topological polar surface area (TPSA) is 0 Å². The summed E-state index contributed by atoms with van der Waals surface area (Å²) in [5, 5.41) is 9.87. The van der Waals surface area contributed by atoms with Gasteiger partial charge in [0.15, 0.2) is 0 Å². The third-order valence-electron chi connectivity index (χ3n) is 6.05. The summed E-state index contributed by atoms with van der Waals surface area (Å²) in [6.45, 7) is 4.60. The fourth-order valence-electron chi connectivity index (χ4n) is 4.29. The van der Waals surface area contributed by atoms with Gasteiger partial charge in [-0.15, -0.1) is 80.1 Å². The van der Waals surface area contributed by atoms with Gasteiger partial charge in [-0.2, -0.15) is 6.07 Å². The van der Waals surface area contributed by atoms with Gasteiger partial charge < -0.3 is 24.8 Å². The molecule has 0 atom stereocenters. The van der Waals surface area contributed by atoms with Crippen molar-refractivity contribution < 1.29 is 51.0 Å². The van der Waals surface area contributed by atoms with Crippen molar-refractivity contribution in [1.82, 2.24) is 0 Å². The van der Waals surface area contributed by atoms with Crippen LogP contribution in [0.5, 0.6) is 0 Å². The summed E-state index contributed by atoms with van der Waals surface area (Å²) >= 11 is 0. The van der Waals surface area contributed by atoms with Crippen LogP contribution in [0.15, 0.2) is 91.0 Å². The molecule has 5 rings (SSSR count). The minimum Gasteiger partial charge on any atom is -1.00 e. The van der Waals surface area contributed by atoms with Gasteiger partial charge in [0.1, 0.15) is 0 Å². The van der Waals surface area contributed by atoms with Crippen LogP contribution in [0, 0.1) is 0 Å². The fourth-order valence-corrected chi connectivity index (χ4v) is 7.07. The Hall–Kier alpha value is -0.967. The van der Waals surface area contributed by atoms with Gasteiger partial charge in [0.05, 0.1) is 0 Å². The first-order chi connectivity index (χ1) is 15.3. The molecule has 0 aliphatic rings. The monoisotopic (exact) mass is 584 g/mol. The number of hydrogen-bond acceptors (Lipinski definition) is 0. The van der Waals surface area contributed by atoms with Crippen molar-refractivity contribution in [3.8, 4) is 0 Å². The smallest absolute Gasteiger partial charge is 1.00 e. The largest absolute Gasteiger partial charge is 4.00 e. The summed E-state index contributed by atoms with van der Waals surface area (Å²) in [6, 6.07) is 32.9. The first kappa shape index (κ1) is 31.1.